The maximum atomic E-state index is 12.9. The van der Waals surface area contributed by atoms with Crippen molar-refractivity contribution in [2.45, 2.75) is 30.7 Å². The van der Waals surface area contributed by atoms with Crippen molar-refractivity contribution < 1.29 is 69.1 Å². The molecular formula is C10H12F3N2O14P3. The standard InChI is InChI=1S/C10H12F3N2O14P3/c11-10(12,13)3-1-15(9(19)14-7(3)18)8-6(17)5(16)4(26-8)2-25-32(24)28-30(20,21)27-31(22,23)29-32/h1,4-6,8,16-17H,2H2,(H,20,21)(H,22,23)(H,14,18,19)/t4-,5?,6+,8-/m1/s1. The lowest BCUT2D eigenvalue weighted by Gasteiger charge is -2.27. The molecular weight excluding hydrogens is 522 g/mol. The molecule has 0 radical (unpaired) electrons. The Balaban J connectivity index is 1.82. The van der Waals surface area contributed by atoms with Crippen LogP contribution in [0.2, 0.25) is 0 Å². The summed E-state index contributed by atoms with van der Waals surface area (Å²) in [5.41, 5.74) is -5.06. The minimum Gasteiger partial charge on any atom is -0.387 e. The molecule has 3 unspecified atom stereocenters. The Kier molecular flexibility index (Phi) is 6.54. The Morgan fingerprint density at radius 3 is 2.16 bits per heavy atom. The average molecular weight is 534 g/mol. The maximum Gasteiger partial charge on any atom is 0.492 e. The zero-order chi connectivity index (χ0) is 24.3. The number of nitrogens with one attached hydrogen (secondary N) is 1. The van der Waals surface area contributed by atoms with Crippen LogP contribution in [0.25, 0.3) is 0 Å². The maximum absolute atomic E-state index is 12.9. The van der Waals surface area contributed by atoms with Crippen molar-refractivity contribution in [1.82, 2.24) is 9.55 Å². The van der Waals surface area contributed by atoms with Crippen LogP contribution in [0.1, 0.15) is 11.8 Å². The van der Waals surface area contributed by atoms with Crippen molar-refractivity contribution in [3.05, 3.63) is 32.6 Å². The molecule has 16 nitrogen and oxygen atoms in total. The largest absolute Gasteiger partial charge is 0.492 e. The number of hydrogen-bond donors (Lipinski definition) is 5. The van der Waals surface area contributed by atoms with Gasteiger partial charge in [0.15, 0.2) is 6.23 Å². The minimum absolute atomic E-state index is 0.0296. The van der Waals surface area contributed by atoms with E-state index in [1.807, 2.05) is 0 Å². The smallest absolute Gasteiger partial charge is 0.387 e. The van der Waals surface area contributed by atoms with E-state index in [0.29, 0.717) is 0 Å². The number of phosphoric acid groups is 3. The lowest BCUT2D eigenvalue weighted by Crippen LogP contribution is -2.40. The third-order valence-electron chi connectivity index (χ3n) is 3.89. The van der Waals surface area contributed by atoms with E-state index < -0.39 is 77.6 Å². The summed E-state index contributed by atoms with van der Waals surface area (Å²) in [7, 11) is -16.0. The van der Waals surface area contributed by atoms with Crippen molar-refractivity contribution in [3.63, 3.8) is 0 Å². The number of halogens is 3. The first-order chi connectivity index (χ1) is 14.4. The van der Waals surface area contributed by atoms with Crippen LogP contribution in [-0.4, -0.2) is 54.5 Å². The van der Waals surface area contributed by atoms with Gasteiger partial charge in [-0.25, -0.2) is 18.5 Å². The number of aliphatic hydroxyl groups is 2. The predicted octanol–water partition coefficient (Wildman–Crippen LogP) is -0.437. The molecule has 6 atom stereocenters. The van der Waals surface area contributed by atoms with E-state index in [9.17, 15) is 46.7 Å². The second-order valence-corrected chi connectivity index (χ2v) is 11.2. The van der Waals surface area contributed by atoms with Crippen molar-refractivity contribution in [2.24, 2.45) is 0 Å². The molecule has 32 heavy (non-hydrogen) atoms. The lowest BCUT2D eigenvalue weighted by atomic mass is 10.1. The van der Waals surface area contributed by atoms with Crippen LogP contribution in [0.4, 0.5) is 13.2 Å². The third-order valence-corrected chi connectivity index (χ3v) is 9.26. The number of aromatic nitrogens is 2. The fourth-order valence-corrected chi connectivity index (χ4v) is 7.55. The van der Waals surface area contributed by atoms with Gasteiger partial charge in [0, 0.05) is 6.20 Å². The number of ether oxygens (including phenoxy) is 1. The lowest BCUT2D eigenvalue weighted by molar-refractivity contribution is -0.140. The van der Waals surface area contributed by atoms with E-state index in [4.69, 9.17) is 14.5 Å². The van der Waals surface area contributed by atoms with Gasteiger partial charge in [0.25, 0.3) is 5.56 Å². The molecule has 2 fully saturated rings. The highest BCUT2D eigenvalue weighted by Gasteiger charge is 2.55. The van der Waals surface area contributed by atoms with Gasteiger partial charge in [-0.3, -0.25) is 18.9 Å². The summed E-state index contributed by atoms with van der Waals surface area (Å²) in [5.74, 6) is 0. The van der Waals surface area contributed by atoms with Crippen molar-refractivity contribution in [1.29, 1.82) is 0 Å². The van der Waals surface area contributed by atoms with Crippen molar-refractivity contribution >= 4 is 23.5 Å². The first-order valence-electron chi connectivity index (χ1n) is 7.91. The molecule has 22 heteroatoms. The summed E-state index contributed by atoms with van der Waals surface area (Å²) < 4.78 is 94.9. The molecule has 0 amide bonds. The monoisotopic (exact) mass is 534 g/mol. The van der Waals surface area contributed by atoms with Gasteiger partial charge in [-0.15, -0.1) is 0 Å². The molecule has 3 rings (SSSR count). The molecule has 3 heterocycles. The molecule has 2 saturated heterocycles. The van der Waals surface area contributed by atoms with E-state index in [1.165, 1.54) is 4.98 Å². The van der Waals surface area contributed by atoms with Gasteiger partial charge in [0.1, 0.15) is 23.9 Å². The summed E-state index contributed by atoms with van der Waals surface area (Å²) in [6.07, 6.45) is -13.1. The summed E-state index contributed by atoms with van der Waals surface area (Å²) in [6, 6.07) is 0. The Bertz CT molecular complexity index is 1140. The Morgan fingerprint density at radius 2 is 1.62 bits per heavy atom. The highest BCUT2D eigenvalue weighted by molar-refractivity contribution is 7.74. The number of hydrogen-bond acceptors (Lipinski definition) is 12. The van der Waals surface area contributed by atoms with Gasteiger partial charge in [0.2, 0.25) is 0 Å². The first-order valence-corrected chi connectivity index (χ1v) is 12.4. The Hall–Kier alpha value is -1.20. The van der Waals surface area contributed by atoms with Crippen molar-refractivity contribution in [3.8, 4) is 0 Å². The molecule has 2 aliphatic heterocycles. The molecule has 0 bridgehead atoms. The van der Waals surface area contributed by atoms with Crippen LogP contribution < -0.4 is 11.2 Å². The predicted molar refractivity (Wildman–Crippen MR) is 88.7 cm³/mol. The molecule has 5 N–H and O–H groups in total. The molecule has 2 aliphatic rings. The quantitative estimate of drug-likeness (QED) is 0.308. The molecule has 1 aromatic rings. The van der Waals surface area contributed by atoms with E-state index in [1.54, 1.807) is 0 Å². The summed E-state index contributed by atoms with van der Waals surface area (Å²) >= 11 is 0. The SMILES string of the molecule is O=c1[nH]c(=O)n([C@@H]2O[C@H](COP3(=O)OP(=O)(O)OP(=O)(O)O3)C(O)[C@@H]2O)cc1C(F)(F)F. The van der Waals surface area contributed by atoms with Crippen LogP contribution in [-0.2, 0) is 42.1 Å². The van der Waals surface area contributed by atoms with Crippen LogP contribution in [0.5, 0.6) is 0 Å². The zero-order valence-corrected chi connectivity index (χ0v) is 17.6. The summed E-state index contributed by atoms with van der Waals surface area (Å²) in [5, 5.41) is 20.1. The Labute approximate surface area is 172 Å². The molecule has 182 valence electrons. The molecule has 0 aromatic carbocycles. The van der Waals surface area contributed by atoms with E-state index in [2.05, 4.69) is 17.5 Å². The highest BCUT2D eigenvalue weighted by Crippen LogP contribution is 2.80. The van der Waals surface area contributed by atoms with E-state index >= 15 is 0 Å². The van der Waals surface area contributed by atoms with Gasteiger partial charge in [-0.1, -0.05) is 0 Å². The van der Waals surface area contributed by atoms with Gasteiger partial charge >= 0.3 is 35.3 Å². The van der Waals surface area contributed by atoms with Crippen molar-refractivity contribution in [2.75, 3.05) is 6.61 Å². The number of nitrogens with zero attached hydrogens (tertiary/aromatic N) is 1. The molecule has 0 spiro atoms. The average Bonchev–Trinajstić information content (AvgIpc) is 2.84. The Morgan fingerprint density at radius 1 is 1.06 bits per heavy atom. The van der Waals surface area contributed by atoms with Gasteiger partial charge in [0.05, 0.1) is 6.61 Å². The number of aromatic amines is 1. The third kappa shape index (κ3) is 5.30. The van der Waals surface area contributed by atoms with Gasteiger partial charge in [-0.2, -0.15) is 26.1 Å². The number of rotatable bonds is 4. The van der Waals surface area contributed by atoms with Gasteiger partial charge < -0.3 is 24.7 Å². The molecule has 1 aromatic heterocycles. The summed E-state index contributed by atoms with van der Waals surface area (Å²) in [6.45, 7) is -1.16. The summed E-state index contributed by atoms with van der Waals surface area (Å²) in [4.78, 5) is 42.9. The molecule has 0 aliphatic carbocycles. The number of aliphatic hydroxyl groups excluding tert-OH is 2. The van der Waals surface area contributed by atoms with Crippen LogP contribution in [0.3, 0.4) is 0 Å². The second kappa shape index (κ2) is 8.23. The van der Waals surface area contributed by atoms with Crippen LogP contribution in [0.15, 0.2) is 15.8 Å². The number of alkyl halides is 3. The van der Waals surface area contributed by atoms with Gasteiger partial charge in [-0.05, 0) is 0 Å². The fraction of sp³-hybridized carbons (Fsp3) is 0.600. The zero-order valence-electron chi connectivity index (χ0n) is 14.9. The van der Waals surface area contributed by atoms with E-state index in [-0.39, 0.29) is 10.8 Å². The van der Waals surface area contributed by atoms with Crippen LogP contribution in [0, 0.1) is 0 Å². The normalized spacial score (nSPS) is 40.5. The minimum atomic E-state index is -5.38. The second-order valence-electron chi connectivity index (χ2n) is 6.18. The van der Waals surface area contributed by atoms with Crippen LogP contribution >= 0.6 is 23.5 Å². The highest BCUT2D eigenvalue weighted by atomic mass is 31.3. The number of H-pyrrole nitrogens is 1. The molecule has 0 saturated carbocycles. The van der Waals surface area contributed by atoms with E-state index in [0.717, 1.165) is 0 Å². The first kappa shape index (κ1) is 25.4. The fourth-order valence-electron chi connectivity index (χ4n) is 2.61. The topological polar surface area (TPSA) is 233 Å².